The highest BCUT2D eigenvalue weighted by molar-refractivity contribution is 6.06. The monoisotopic (exact) mass is 471 g/mol. The first-order valence-electron chi connectivity index (χ1n) is 11.5. The number of carbonyl (C=O) groups excluding carboxylic acids is 3. The minimum absolute atomic E-state index is 0.186. The fourth-order valence-electron chi connectivity index (χ4n) is 4.53. The third-order valence-electron chi connectivity index (χ3n) is 6.33. The lowest BCUT2D eigenvalue weighted by Gasteiger charge is -2.29. The average molecular weight is 472 g/mol. The van der Waals surface area contributed by atoms with Gasteiger partial charge in [0, 0.05) is 55.3 Å². The van der Waals surface area contributed by atoms with Gasteiger partial charge in [0.2, 0.25) is 11.8 Å². The number of benzene rings is 1. The molecule has 3 amide bonds. The van der Waals surface area contributed by atoms with Crippen molar-refractivity contribution in [3.8, 4) is 12.3 Å². The predicted octanol–water partition coefficient (Wildman–Crippen LogP) is 1.52. The van der Waals surface area contributed by atoms with Crippen LogP contribution in [-0.4, -0.2) is 48.0 Å². The van der Waals surface area contributed by atoms with Crippen LogP contribution in [0.5, 0.6) is 0 Å². The van der Waals surface area contributed by atoms with Crippen molar-refractivity contribution in [3.05, 3.63) is 65.5 Å². The molecule has 10 nitrogen and oxygen atoms in total. The van der Waals surface area contributed by atoms with E-state index in [0.717, 1.165) is 42.0 Å². The van der Waals surface area contributed by atoms with Crippen LogP contribution in [0, 0.1) is 12.3 Å². The normalized spacial score (nSPS) is 17.3. The summed E-state index contributed by atoms with van der Waals surface area (Å²) in [6.45, 7) is 2.39. The minimum atomic E-state index is -0.629. The second-order valence-corrected chi connectivity index (χ2v) is 8.68. The van der Waals surface area contributed by atoms with Crippen LogP contribution in [0.25, 0.3) is 0 Å². The molecule has 2 aliphatic heterocycles. The number of anilines is 1. The molecule has 35 heavy (non-hydrogen) atoms. The summed E-state index contributed by atoms with van der Waals surface area (Å²) in [5.41, 5.74) is 3.92. The number of imide groups is 1. The topological polar surface area (TPSA) is 114 Å². The number of aryl methyl sites for hydroxylation is 2. The van der Waals surface area contributed by atoms with Crippen molar-refractivity contribution in [2.75, 3.05) is 5.32 Å². The number of rotatable bonds is 8. The second-order valence-electron chi connectivity index (χ2n) is 8.68. The van der Waals surface area contributed by atoms with Crippen LogP contribution in [-0.2, 0) is 35.8 Å². The Bertz CT molecular complexity index is 1330. The number of terminal acetylenes is 1. The van der Waals surface area contributed by atoms with E-state index in [1.165, 1.54) is 0 Å². The van der Waals surface area contributed by atoms with Gasteiger partial charge >= 0.3 is 0 Å². The molecule has 0 radical (unpaired) electrons. The van der Waals surface area contributed by atoms with E-state index in [2.05, 4.69) is 26.6 Å². The van der Waals surface area contributed by atoms with Gasteiger partial charge in [-0.15, -0.1) is 6.42 Å². The van der Waals surface area contributed by atoms with Crippen LogP contribution in [0.1, 0.15) is 46.4 Å². The van der Waals surface area contributed by atoms with Crippen LogP contribution in [0.4, 0.5) is 5.69 Å². The molecule has 1 aromatic carbocycles. The lowest BCUT2D eigenvalue weighted by atomic mass is 10.0. The Kier molecular flexibility index (Phi) is 6.06. The van der Waals surface area contributed by atoms with Gasteiger partial charge < -0.3 is 14.8 Å². The van der Waals surface area contributed by atoms with E-state index < -0.39 is 11.9 Å². The molecule has 1 fully saturated rings. The van der Waals surface area contributed by atoms with Crippen molar-refractivity contribution >= 4 is 23.4 Å². The molecule has 5 rings (SSSR count). The molecule has 2 N–H and O–H groups in total. The Hall–Kier alpha value is -4.39. The zero-order chi connectivity index (χ0) is 24.4. The van der Waals surface area contributed by atoms with Gasteiger partial charge in [-0.2, -0.15) is 5.10 Å². The molecule has 1 unspecified atom stereocenters. The van der Waals surface area contributed by atoms with Crippen molar-refractivity contribution in [1.29, 1.82) is 0 Å². The van der Waals surface area contributed by atoms with Gasteiger partial charge in [-0.05, 0) is 25.0 Å². The SMILES string of the molecule is C#Cc1cnn(CCCn2cnc(CNc3cccc4c3CN(C3CCC(=O)NC3=O)C4=O)c2)c1. The summed E-state index contributed by atoms with van der Waals surface area (Å²) in [6.07, 6.45) is 14.2. The van der Waals surface area contributed by atoms with Gasteiger partial charge in [-0.25, -0.2) is 4.98 Å². The van der Waals surface area contributed by atoms with Crippen molar-refractivity contribution in [1.82, 2.24) is 29.5 Å². The molecule has 1 atom stereocenters. The van der Waals surface area contributed by atoms with Crippen molar-refractivity contribution in [2.45, 2.75) is 51.5 Å². The van der Waals surface area contributed by atoms with E-state index in [9.17, 15) is 14.4 Å². The molecule has 3 aromatic rings. The van der Waals surface area contributed by atoms with Gasteiger partial charge in [0.15, 0.2) is 0 Å². The molecule has 1 saturated heterocycles. The Morgan fingerprint density at radius 1 is 1.20 bits per heavy atom. The minimum Gasteiger partial charge on any atom is -0.379 e. The summed E-state index contributed by atoms with van der Waals surface area (Å²) in [4.78, 5) is 42.8. The third kappa shape index (κ3) is 4.66. The van der Waals surface area contributed by atoms with Crippen LogP contribution in [0.3, 0.4) is 0 Å². The fraction of sp³-hybridized carbons (Fsp3) is 0.320. The first-order chi connectivity index (χ1) is 17.0. The van der Waals surface area contributed by atoms with Crippen LogP contribution >= 0.6 is 0 Å². The van der Waals surface area contributed by atoms with E-state index in [0.29, 0.717) is 25.1 Å². The van der Waals surface area contributed by atoms with Gasteiger partial charge in [-0.3, -0.25) is 24.4 Å². The van der Waals surface area contributed by atoms with E-state index in [1.54, 1.807) is 23.5 Å². The van der Waals surface area contributed by atoms with E-state index >= 15 is 0 Å². The number of amides is 3. The highest BCUT2D eigenvalue weighted by Gasteiger charge is 2.39. The maximum Gasteiger partial charge on any atom is 0.255 e. The molecule has 2 aromatic heterocycles. The zero-order valence-electron chi connectivity index (χ0n) is 19.1. The van der Waals surface area contributed by atoms with Crippen LogP contribution in [0.15, 0.2) is 43.1 Å². The molecule has 0 bridgehead atoms. The number of hydrogen-bond acceptors (Lipinski definition) is 6. The number of fused-ring (bicyclic) bond motifs is 1. The van der Waals surface area contributed by atoms with Gasteiger partial charge in [0.25, 0.3) is 5.91 Å². The molecule has 2 aliphatic rings. The van der Waals surface area contributed by atoms with Gasteiger partial charge in [0.05, 0.1) is 30.3 Å². The number of imidazole rings is 1. The standard InChI is InChI=1S/C25H25N7O3/c1-2-17-11-28-31(13-17)10-4-9-30-14-18(27-16-30)12-26-21-6-3-5-19-20(21)15-32(25(19)35)22-7-8-23(33)29-24(22)34/h1,3,5-6,11,13-14,16,22,26H,4,7-10,12,15H2,(H,29,33,34). The first kappa shape index (κ1) is 22.4. The molecule has 178 valence electrons. The Morgan fingerprint density at radius 3 is 2.89 bits per heavy atom. The zero-order valence-corrected chi connectivity index (χ0v) is 19.1. The third-order valence-corrected chi connectivity index (χ3v) is 6.33. The number of nitrogens with zero attached hydrogens (tertiary/aromatic N) is 5. The number of carbonyl (C=O) groups is 3. The number of nitrogens with one attached hydrogen (secondary N) is 2. The molecular weight excluding hydrogens is 446 g/mol. The fourth-order valence-corrected chi connectivity index (χ4v) is 4.53. The molecule has 0 spiro atoms. The van der Waals surface area contributed by atoms with Crippen LogP contribution in [0.2, 0.25) is 0 Å². The molecule has 0 aliphatic carbocycles. The molecular formula is C25H25N7O3. The summed E-state index contributed by atoms with van der Waals surface area (Å²) < 4.78 is 3.87. The van der Waals surface area contributed by atoms with Crippen molar-refractivity contribution < 1.29 is 14.4 Å². The first-order valence-corrected chi connectivity index (χ1v) is 11.5. The summed E-state index contributed by atoms with van der Waals surface area (Å²) in [5, 5.41) is 9.96. The summed E-state index contributed by atoms with van der Waals surface area (Å²) in [7, 11) is 0. The summed E-state index contributed by atoms with van der Waals surface area (Å²) >= 11 is 0. The molecule has 0 saturated carbocycles. The van der Waals surface area contributed by atoms with E-state index in [1.807, 2.05) is 33.8 Å². The largest absolute Gasteiger partial charge is 0.379 e. The Labute approximate surface area is 202 Å². The van der Waals surface area contributed by atoms with Crippen molar-refractivity contribution in [2.24, 2.45) is 0 Å². The molecule has 10 heteroatoms. The number of piperidine rings is 1. The predicted molar refractivity (Wildman–Crippen MR) is 127 cm³/mol. The Morgan fingerprint density at radius 2 is 2.09 bits per heavy atom. The van der Waals surface area contributed by atoms with E-state index in [4.69, 9.17) is 6.42 Å². The lowest BCUT2D eigenvalue weighted by Crippen LogP contribution is -2.52. The maximum atomic E-state index is 13.0. The van der Waals surface area contributed by atoms with E-state index in [-0.39, 0.29) is 18.2 Å². The summed E-state index contributed by atoms with van der Waals surface area (Å²) in [5.74, 6) is 1.68. The lowest BCUT2D eigenvalue weighted by molar-refractivity contribution is -0.136. The van der Waals surface area contributed by atoms with Gasteiger partial charge in [-0.1, -0.05) is 12.0 Å². The number of aromatic nitrogens is 4. The highest BCUT2D eigenvalue weighted by atomic mass is 16.2. The highest BCUT2D eigenvalue weighted by Crippen LogP contribution is 2.32. The smallest absolute Gasteiger partial charge is 0.255 e. The van der Waals surface area contributed by atoms with Gasteiger partial charge in [0.1, 0.15) is 6.04 Å². The maximum absolute atomic E-state index is 13.0. The quantitative estimate of drug-likeness (QED) is 0.380. The number of hydrogen-bond donors (Lipinski definition) is 2. The van der Waals surface area contributed by atoms with Crippen LogP contribution < -0.4 is 10.6 Å². The van der Waals surface area contributed by atoms with Crippen molar-refractivity contribution in [3.63, 3.8) is 0 Å². The second kappa shape index (κ2) is 9.46. The average Bonchev–Trinajstić information content (AvgIpc) is 3.58. The summed E-state index contributed by atoms with van der Waals surface area (Å²) in [6, 6.07) is 4.89. The Balaban J connectivity index is 1.18. The molecule has 4 heterocycles.